The van der Waals surface area contributed by atoms with Gasteiger partial charge in [-0.05, 0) is 25.0 Å². The highest BCUT2D eigenvalue weighted by Gasteiger charge is 2.18. The summed E-state index contributed by atoms with van der Waals surface area (Å²) < 4.78 is 0. The van der Waals surface area contributed by atoms with Gasteiger partial charge in [-0.3, -0.25) is 0 Å². The van der Waals surface area contributed by atoms with Crippen LogP contribution in [0.25, 0.3) is 0 Å². The molecule has 0 unspecified atom stereocenters. The van der Waals surface area contributed by atoms with Crippen LogP contribution in [0.1, 0.15) is 12.8 Å². The minimum atomic E-state index is 0.245. The van der Waals surface area contributed by atoms with Crippen molar-refractivity contribution in [3.63, 3.8) is 0 Å². The number of nitrogens with zero attached hydrogens (tertiary/aromatic N) is 3. The second kappa shape index (κ2) is 4.10. The molecule has 72 valence electrons. The summed E-state index contributed by atoms with van der Waals surface area (Å²) in [7, 11) is 0. The Morgan fingerprint density at radius 1 is 1.36 bits per heavy atom. The van der Waals surface area contributed by atoms with E-state index in [9.17, 15) is 0 Å². The fourth-order valence-electron chi connectivity index (χ4n) is 1.78. The monoisotopic (exact) mass is 187 g/mol. The summed E-state index contributed by atoms with van der Waals surface area (Å²) in [6.07, 6.45) is 3.74. The number of hydrogen-bond acceptors (Lipinski definition) is 3. The Morgan fingerprint density at radius 3 is 2.71 bits per heavy atom. The summed E-state index contributed by atoms with van der Waals surface area (Å²) in [5.74, 6) is 1.28. The van der Waals surface area contributed by atoms with Gasteiger partial charge in [-0.25, -0.2) is 4.98 Å². The highest BCUT2D eigenvalue weighted by molar-refractivity contribution is 5.38. The Morgan fingerprint density at radius 2 is 2.14 bits per heavy atom. The van der Waals surface area contributed by atoms with Crippen LogP contribution in [0.4, 0.5) is 5.82 Å². The van der Waals surface area contributed by atoms with Crippen LogP contribution in [-0.2, 0) is 0 Å². The SMILES string of the molecule is N#CC1CCN(c2ccccn2)CC1. The standard InChI is InChI=1S/C11H13N3/c12-9-10-4-7-14(8-5-10)11-3-1-2-6-13-11/h1-3,6,10H,4-5,7-8H2. The molecule has 0 atom stereocenters. The van der Waals surface area contributed by atoms with Crippen LogP contribution in [0.3, 0.4) is 0 Å². The summed E-state index contributed by atoms with van der Waals surface area (Å²) in [6.45, 7) is 1.91. The fraction of sp³-hybridized carbons (Fsp3) is 0.455. The minimum absolute atomic E-state index is 0.245. The quantitative estimate of drug-likeness (QED) is 0.673. The van der Waals surface area contributed by atoms with Crippen LogP contribution in [0, 0.1) is 17.2 Å². The van der Waals surface area contributed by atoms with Crippen LogP contribution in [0.15, 0.2) is 24.4 Å². The van der Waals surface area contributed by atoms with Crippen LogP contribution >= 0.6 is 0 Å². The molecule has 0 aliphatic carbocycles. The molecule has 2 rings (SSSR count). The largest absolute Gasteiger partial charge is 0.357 e. The fourth-order valence-corrected chi connectivity index (χ4v) is 1.78. The zero-order valence-electron chi connectivity index (χ0n) is 8.06. The lowest BCUT2D eigenvalue weighted by molar-refractivity contribution is 0.485. The third kappa shape index (κ3) is 1.85. The Hall–Kier alpha value is -1.56. The second-order valence-electron chi connectivity index (χ2n) is 3.58. The van der Waals surface area contributed by atoms with Crippen molar-refractivity contribution in [3.05, 3.63) is 24.4 Å². The zero-order chi connectivity index (χ0) is 9.80. The van der Waals surface area contributed by atoms with Gasteiger partial charge in [0.15, 0.2) is 0 Å². The molecule has 1 aliphatic heterocycles. The third-order valence-corrected chi connectivity index (χ3v) is 2.65. The summed E-state index contributed by atoms with van der Waals surface area (Å²) in [5.41, 5.74) is 0. The van der Waals surface area contributed by atoms with Crippen LogP contribution in [-0.4, -0.2) is 18.1 Å². The van der Waals surface area contributed by atoms with Gasteiger partial charge in [0, 0.05) is 25.2 Å². The van der Waals surface area contributed by atoms with Gasteiger partial charge in [-0.1, -0.05) is 6.07 Å². The van der Waals surface area contributed by atoms with E-state index in [2.05, 4.69) is 16.0 Å². The number of aromatic nitrogens is 1. The van der Waals surface area contributed by atoms with Crippen LogP contribution in [0.2, 0.25) is 0 Å². The maximum absolute atomic E-state index is 8.76. The van der Waals surface area contributed by atoms with Gasteiger partial charge < -0.3 is 4.90 Å². The molecule has 0 radical (unpaired) electrons. The molecule has 1 saturated heterocycles. The maximum Gasteiger partial charge on any atom is 0.128 e. The van der Waals surface area contributed by atoms with Crippen molar-refractivity contribution in [2.75, 3.05) is 18.0 Å². The predicted octanol–water partition coefficient (Wildman–Crippen LogP) is 1.82. The molecule has 0 spiro atoms. The molecule has 0 saturated carbocycles. The second-order valence-corrected chi connectivity index (χ2v) is 3.58. The van der Waals surface area contributed by atoms with E-state index in [1.165, 1.54) is 0 Å². The molecule has 1 aliphatic rings. The molecule has 3 heteroatoms. The first-order chi connectivity index (χ1) is 6.90. The third-order valence-electron chi connectivity index (χ3n) is 2.65. The molecule has 2 heterocycles. The first kappa shape index (κ1) is 9.01. The first-order valence-electron chi connectivity index (χ1n) is 4.96. The number of piperidine rings is 1. The molecule has 14 heavy (non-hydrogen) atoms. The number of anilines is 1. The van der Waals surface area contributed by atoms with Crippen molar-refractivity contribution in [2.45, 2.75) is 12.8 Å². The van der Waals surface area contributed by atoms with E-state index in [-0.39, 0.29) is 5.92 Å². The van der Waals surface area contributed by atoms with E-state index in [1.807, 2.05) is 24.4 Å². The minimum Gasteiger partial charge on any atom is -0.357 e. The van der Waals surface area contributed by atoms with Gasteiger partial charge in [-0.15, -0.1) is 0 Å². The van der Waals surface area contributed by atoms with Crippen LogP contribution in [0.5, 0.6) is 0 Å². The Kier molecular flexibility index (Phi) is 2.64. The summed E-state index contributed by atoms with van der Waals surface area (Å²) in [4.78, 5) is 6.54. The number of pyridine rings is 1. The highest BCUT2D eigenvalue weighted by atomic mass is 15.2. The van der Waals surface area contributed by atoms with E-state index in [1.54, 1.807) is 0 Å². The smallest absolute Gasteiger partial charge is 0.128 e. The lowest BCUT2D eigenvalue weighted by atomic mass is 9.99. The number of rotatable bonds is 1. The first-order valence-corrected chi connectivity index (χ1v) is 4.96. The Balaban J connectivity index is 2.00. The molecule has 3 nitrogen and oxygen atoms in total. The molecule has 1 aromatic heterocycles. The summed E-state index contributed by atoms with van der Waals surface area (Å²) >= 11 is 0. The van der Waals surface area contributed by atoms with Crippen LogP contribution < -0.4 is 4.90 Å². The van der Waals surface area contributed by atoms with E-state index < -0.39 is 0 Å². The lowest BCUT2D eigenvalue weighted by Crippen LogP contribution is -2.33. The molecule has 1 fully saturated rings. The Bertz CT molecular complexity index is 320. The highest BCUT2D eigenvalue weighted by Crippen LogP contribution is 2.20. The van der Waals surface area contributed by atoms with Gasteiger partial charge in [0.05, 0.1) is 6.07 Å². The number of nitriles is 1. The van der Waals surface area contributed by atoms with Gasteiger partial charge in [-0.2, -0.15) is 5.26 Å². The summed E-state index contributed by atoms with van der Waals surface area (Å²) in [6, 6.07) is 8.27. The van der Waals surface area contributed by atoms with E-state index >= 15 is 0 Å². The average molecular weight is 187 g/mol. The summed E-state index contributed by atoms with van der Waals surface area (Å²) in [5, 5.41) is 8.76. The maximum atomic E-state index is 8.76. The van der Waals surface area contributed by atoms with Crippen molar-refractivity contribution < 1.29 is 0 Å². The molecule has 0 amide bonds. The Labute approximate surface area is 84.0 Å². The van der Waals surface area contributed by atoms with Gasteiger partial charge in [0.2, 0.25) is 0 Å². The lowest BCUT2D eigenvalue weighted by Gasteiger charge is -2.29. The van der Waals surface area contributed by atoms with Gasteiger partial charge in [0.1, 0.15) is 5.82 Å². The molecule has 0 aromatic carbocycles. The van der Waals surface area contributed by atoms with Gasteiger partial charge in [0.25, 0.3) is 0 Å². The number of hydrogen-bond donors (Lipinski definition) is 0. The molecule has 0 bridgehead atoms. The van der Waals surface area contributed by atoms with Crippen molar-refractivity contribution in [3.8, 4) is 6.07 Å². The van der Waals surface area contributed by atoms with Crippen molar-refractivity contribution >= 4 is 5.82 Å². The van der Waals surface area contributed by atoms with E-state index in [4.69, 9.17) is 5.26 Å². The van der Waals surface area contributed by atoms with Gasteiger partial charge >= 0.3 is 0 Å². The molecular formula is C11H13N3. The van der Waals surface area contributed by atoms with Crippen molar-refractivity contribution in [2.24, 2.45) is 5.92 Å². The van der Waals surface area contributed by atoms with Crippen molar-refractivity contribution in [1.29, 1.82) is 5.26 Å². The molecule has 0 N–H and O–H groups in total. The van der Waals surface area contributed by atoms with E-state index in [0.29, 0.717) is 0 Å². The average Bonchev–Trinajstić information content (AvgIpc) is 2.30. The van der Waals surface area contributed by atoms with E-state index in [0.717, 1.165) is 31.7 Å². The molecular weight excluding hydrogens is 174 g/mol. The van der Waals surface area contributed by atoms with Crippen molar-refractivity contribution in [1.82, 2.24) is 4.98 Å². The predicted molar refractivity (Wildman–Crippen MR) is 54.8 cm³/mol. The normalized spacial score (nSPS) is 17.8. The molecule has 1 aromatic rings. The topological polar surface area (TPSA) is 39.9 Å². The zero-order valence-corrected chi connectivity index (χ0v) is 8.06.